The molecule has 2 aromatic rings. The number of alkyl halides is 2. The van der Waals surface area contributed by atoms with Gasteiger partial charge in [-0.05, 0) is 0 Å². The number of amides is 2. The van der Waals surface area contributed by atoms with Crippen molar-refractivity contribution >= 4 is 29.7 Å². The molecule has 0 aliphatic carbocycles. The van der Waals surface area contributed by atoms with Gasteiger partial charge < -0.3 is 35.4 Å². The minimum absolute atomic E-state index is 0.00309. The highest BCUT2D eigenvalue weighted by Gasteiger charge is 2.28. The topological polar surface area (TPSA) is 159 Å². The van der Waals surface area contributed by atoms with Gasteiger partial charge in [0.1, 0.15) is 5.69 Å². The Labute approximate surface area is 229 Å². The summed E-state index contributed by atoms with van der Waals surface area (Å²) in [5, 5.41) is 3.21. The van der Waals surface area contributed by atoms with Crippen molar-refractivity contribution in [3.8, 4) is 11.4 Å². The summed E-state index contributed by atoms with van der Waals surface area (Å²) in [4.78, 5) is 53.8. The van der Waals surface area contributed by atoms with E-state index in [9.17, 15) is 18.4 Å². The van der Waals surface area contributed by atoms with Gasteiger partial charge in [-0.3, -0.25) is 9.59 Å². The molecule has 0 aromatic carbocycles. The fourth-order valence-electron chi connectivity index (χ4n) is 4.87. The molecule has 5 rings (SSSR count). The van der Waals surface area contributed by atoms with E-state index >= 15 is 0 Å². The number of rotatable bonds is 7. The number of aromatic nitrogens is 5. The van der Waals surface area contributed by atoms with E-state index in [1.165, 1.54) is 6.20 Å². The van der Waals surface area contributed by atoms with E-state index in [0.717, 1.165) is 13.1 Å². The molecule has 14 nitrogen and oxygen atoms in total. The lowest BCUT2D eigenvalue weighted by Crippen LogP contribution is -2.50. The van der Waals surface area contributed by atoms with Crippen LogP contribution < -0.4 is 20.9 Å². The molecule has 216 valence electrons. The third-order valence-electron chi connectivity index (χ3n) is 7.13. The number of nitrogens with zero attached hydrogens (tertiary/aromatic N) is 9. The molecule has 0 bridgehead atoms. The number of anilines is 3. The summed E-state index contributed by atoms with van der Waals surface area (Å²) in [5.41, 5.74) is 4.98. The molecule has 0 spiro atoms. The lowest BCUT2D eigenvalue weighted by Gasteiger charge is -2.35. The molecule has 5 heterocycles. The van der Waals surface area contributed by atoms with Crippen LogP contribution in [0.2, 0.25) is 0 Å². The molecule has 3 N–H and O–H groups in total. The summed E-state index contributed by atoms with van der Waals surface area (Å²) in [5.74, 6) is 0.324. The summed E-state index contributed by atoms with van der Waals surface area (Å²) in [6.45, 7) is 6.61. The highest BCUT2D eigenvalue weighted by atomic mass is 19.3. The second-order valence-corrected chi connectivity index (χ2v) is 9.68. The van der Waals surface area contributed by atoms with Crippen molar-refractivity contribution in [1.82, 2.24) is 40.0 Å². The monoisotopic (exact) mass is 561 g/mol. The SMILES string of the molecule is Nc1ncc(-c2nc(N3CCOCC3)nc(N3CCN(C(=O)CCC(=O)N4CCNCC4)CC3)n2)c(C(F)F)n1. The summed E-state index contributed by atoms with van der Waals surface area (Å²) < 4.78 is 33.1. The molecule has 3 aliphatic rings. The number of ether oxygens (including phenoxy) is 1. The highest BCUT2D eigenvalue weighted by Crippen LogP contribution is 2.30. The number of nitrogen functional groups attached to an aromatic ring is 1. The maximum absolute atomic E-state index is 13.8. The molecule has 3 fully saturated rings. The maximum atomic E-state index is 13.8. The molecule has 3 saturated heterocycles. The van der Waals surface area contributed by atoms with Crippen LogP contribution in [0.4, 0.5) is 26.6 Å². The molecule has 0 atom stereocenters. The summed E-state index contributed by atoms with van der Waals surface area (Å²) in [6, 6.07) is 0. The molecule has 16 heteroatoms. The Morgan fingerprint density at radius 1 is 0.850 bits per heavy atom. The number of hydrogen-bond donors (Lipinski definition) is 2. The minimum Gasteiger partial charge on any atom is -0.378 e. The predicted octanol–water partition coefficient (Wildman–Crippen LogP) is -0.454. The van der Waals surface area contributed by atoms with Crippen LogP contribution in [-0.2, 0) is 14.3 Å². The number of halogens is 2. The standard InChI is InChI=1S/C24H33F2N11O3/c25-20(26)19-16(15-29-22(27)30-19)21-31-23(33-24(32-21)37-11-13-40-14-12-37)36-9-7-35(8-10-36)18(39)2-1-17(38)34-5-3-28-4-6-34/h15,20,28H,1-14H2,(H2,27,29,30). The van der Waals surface area contributed by atoms with Gasteiger partial charge in [-0.1, -0.05) is 0 Å². The first-order chi connectivity index (χ1) is 19.4. The van der Waals surface area contributed by atoms with Gasteiger partial charge >= 0.3 is 0 Å². The van der Waals surface area contributed by atoms with Crippen molar-refractivity contribution in [3.05, 3.63) is 11.9 Å². The van der Waals surface area contributed by atoms with E-state index in [1.807, 2.05) is 9.80 Å². The Kier molecular flexibility index (Phi) is 8.74. The average molecular weight is 562 g/mol. The fraction of sp³-hybridized carbons (Fsp3) is 0.625. The smallest absolute Gasteiger partial charge is 0.281 e. The van der Waals surface area contributed by atoms with Gasteiger partial charge in [0.15, 0.2) is 5.82 Å². The van der Waals surface area contributed by atoms with Crippen LogP contribution in [0, 0.1) is 0 Å². The Morgan fingerprint density at radius 2 is 1.43 bits per heavy atom. The molecule has 40 heavy (non-hydrogen) atoms. The second-order valence-electron chi connectivity index (χ2n) is 9.68. The van der Waals surface area contributed by atoms with Crippen LogP contribution in [0.1, 0.15) is 25.0 Å². The molecule has 0 unspecified atom stereocenters. The number of hydrogen-bond acceptors (Lipinski definition) is 12. The van der Waals surface area contributed by atoms with Crippen LogP contribution in [-0.4, -0.2) is 125 Å². The van der Waals surface area contributed by atoms with E-state index < -0.39 is 12.1 Å². The van der Waals surface area contributed by atoms with Crippen molar-refractivity contribution in [3.63, 3.8) is 0 Å². The fourth-order valence-corrected chi connectivity index (χ4v) is 4.87. The molecule has 2 aromatic heterocycles. The first-order valence-corrected chi connectivity index (χ1v) is 13.4. The van der Waals surface area contributed by atoms with Gasteiger partial charge in [0.25, 0.3) is 6.43 Å². The number of carbonyl (C=O) groups is 2. The van der Waals surface area contributed by atoms with Crippen LogP contribution >= 0.6 is 0 Å². The molecule has 3 aliphatic heterocycles. The first kappa shape index (κ1) is 27.8. The first-order valence-electron chi connectivity index (χ1n) is 13.4. The number of carbonyl (C=O) groups excluding carboxylic acids is 2. The van der Waals surface area contributed by atoms with Gasteiger partial charge in [-0.15, -0.1) is 0 Å². The number of piperazine rings is 2. The summed E-state index contributed by atoms with van der Waals surface area (Å²) in [7, 11) is 0. The van der Waals surface area contributed by atoms with Gasteiger partial charge in [0.2, 0.25) is 29.7 Å². The highest BCUT2D eigenvalue weighted by molar-refractivity contribution is 5.84. The summed E-state index contributed by atoms with van der Waals surface area (Å²) >= 11 is 0. The quantitative estimate of drug-likeness (QED) is 0.449. The Hall–Kier alpha value is -3.79. The Bertz CT molecular complexity index is 1200. The lowest BCUT2D eigenvalue weighted by atomic mass is 10.2. The van der Waals surface area contributed by atoms with Crippen molar-refractivity contribution in [2.24, 2.45) is 0 Å². The Morgan fingerprint density at radius 3 is 2.02 bits per heavy atom. The zero-order valence-electron chi connectivity index (χ0n) is 22.1. The van der Waals surface area contributed by atoms with Gasteiger partial charge in [0, 0.05) is 84.5 Å². The van der Waals surface area contributed by atoms with Crippen molar-refractivity contribution in [1.29, 1.82) is 0 Å². The predicted molar refractivity (Wildman–Crippen MR) is 141 cm³/mol. The average Bonchev–Trinajstić information content (AvgIpc) is 3.00. The van der Waals surface area contributed by atoms with Crippen molar-refractivity contribution < 1.29 is 23.1 Å². The van der Waals surface area contributed by atoms with Crippen LogP contribution in [0.15, 0.2) is 6.20 Å². The maximum Gasteiger partial charge on any atom is 0.281 e. The number of nitrogens with two attached hydrogens (primary N) is 1. The van der Waals surface area contributed by atoms with Gasteiger partial charge in [-0.25, -0.2) is 18.7 Å². The van der Waals surface area contributed by atoms with Crippen LogP contribution in [0.25, 0.3) is 11.4 Å². The molecule has 2 amide bonds. The van der Waals surface area contributed by atoms with Crippen molar-refractivity contribution in [2.45, 2.75) is 19.3 Å². The molecular weight excluding hydrogens is 528 g/mol. The zero-order valence-corrected chi connectivity index (χ0v) is 22.1. The van der Waals surface area contributed by atoms with E-state index in [2.05, 4.69) is 30.2 Å². The third-order valence-corrected chi connectivity index (χ3v) is 7.13. The lowest BCUT2D eigenvalue weighted by molar-refractivity contribution is -0.137. The largest absolute Gasteiger partial charge is 0.378 e. The van der Waals surface area contributed by atoms with E-state index in [-0.39, 0.29) is 42.0 Å². The normalized spacial score (nSPS) is 18.4. The third kappa shape index (κ3) is 6.50. The van der Waals surface area contributed by atoms with Crippen LogP contribution in [0.5, 0.6) is 0 Å². The number of nitrogens with one attached hydrogen (secondary N) is 1. The minimum atomic E-state index is -2.90. The molecule has 0 saturated carbocycles. The van der Waals surface area contributed by atoms with E-state index in [4.69, 9.17) is 10.5 Å². The van der Waals surface area contributed by atoms with Gasteiger partial charge in [0.05, 0.1) is 18.8 Å². The second kappa shape index (κ2) is 12.6. The zero-order chi connectivity index (χ0) is 28.1. The van der Waals surface area contributed by atoms with E-state index in [1.54, 1.807) is 9.80 Å². The van der Waals surface area contributed by atoms with Crippen molar-refractivity contribution in [2.75, 3.05) is 94.2 Å². The molecule has 0 radical (unpaired) electrons. The van der Waals surface area contributed by atoms with Crippen LogP contribution in [0.3, 0.4) is 0 Å². The van der Waals surface area contributed by atoms with E-state index in [0.29, 0.717) is 77.5 Å². The number of morpholine rings is 1. The molecular formula is C24H33F2N11O3. The Balaban J connectivity index is 1.29. The summed E-state index contributed by atoms with van der Waals surface area (Å²) in [6.07, 6.45) is -1.35. The van der Waals surface area contributed by atoms with Gasteiger partial charge in [-0.2, -0.15) is 15.0 Å².